The minimum Gasteiger partial charge on any atom is -0.493 e. The summed E-state index contributed by atoms with van der Waals surface area (Å²) in [5.41, 5.74) is -1.49. The Morgan fingerprint density at radius 2 is 1.69 bits per heavy atom. The Morgan fingerprint density at radius 3 is 2.29 bits per heavy atom. The first kappa shape index (κ1) is 32.6. The molecule has 0 N–H and O–H groups in total. The van der Waals surface area contributed by atoms with Crippen LogP contribution >= 0.6 is 46.1 Å². The number of aromatic nitrogens is 1. The first-order valence-corrected chi connectivity index (χ1v) is 15.2. The predicted molar refractivity (Wildman–Crippen MR) is 166 cm³/mol. The smallest absolute Gasteiger partial charge is 0.434 e. The Hall–Kier alpha value is -3.77. The summed E-state index contributed by atoms with van der Waals surface area (Å²) < 4.78 is 60.4. The van der Waals surface area contributed by atoms with Crippen molar-refractivity contribution in [2.24, 2.45) is 4.99 Å². The number of rotatable bonds is 8. The summed E-state index contributed by atoms with van der Waals surface area (Å²) in [6, 6.07) is 14.4. The molecule has 0 spiro atoms. The van der Waals surface area contributed by atoms with Crippen LogP contribution in [0.4, 0.5) is 13.2 Å². The van der Waals surface area contributed by atoms with Crippen molar-refractivity contribution in [3.05, 3.63) is 123 Å². The van der Waals surface area contributed by atoms with Gasteiger partial charge in [-0.1, -0.05) is 70.4 Å². The highest BCUT2D eigenvalue weighted by atomic mass is 35.5. The molecule has 0 radical (unpaired) electrons. The summed E-state index contributed by atoms with van der Waals surface area (Å²) in [5, 5.41) is 1.07. The number of halogens is 6. The van der Waals surface area contributed by atoms with Gasteiger partial charge in [-0.2, -0.15) is 13.2 Å². The zero-order valence-corrected chi connectivity index (χ0v) is 26.5. The van der Waals surface area contributed by atoms with Gasteiger partial charge in [0.1, 0.15) is 6.61 Å². The van der Waals surface area contributed by atoms with Crippen molar-refractivity contribution in [1.29, 1.82) is 0 Å². The monoisotopic (exact) mass is 696 g/mol. The lowest BCUT2D eigenvalue weighted by atomic mass is 9.95. The molecule has 1 aliphatic heterocycles. The lowest BCUT2D eigenvalue weighted by Gasteiger charge is -2.26. The fourth-order valence-corrected chi connectivity index (χ4v) is 6.18. The average molecular weight is 698 g/mol. The molecule has 4 aromatic rings. The largest absolute Gasteiger partial charge is 0.493 e. The van der Waals surface area contributed by atoms with E-state index in [1.165, 1.54) is 50.4 Å². The van der Waals surface area contributed by atoms with E-state index in [0.29, 0.717) is 15.6 Å². The SMILES string of the molecule is CCOC(=O)C1=C(C(F)(F)F)N=c2s/c(=C\c3cc(Cl)c(OCc4ccc(Cl)cc4)c(OC)c3)c(=O)n2[C@@H]1c1ccc(Cl)cc1. The molecular weight excluding hydrogens is 676 g/mol. The van der Waals surface area contributed by atoms with E-state index in [1.807, 2.05) is 0 Å². The van der Waals surface area contributed by atoms with Crippen molar-refractivity contribution >= 4 is 58.2 Å². The quantitative estimate of drug-likeness (QED) is 0.188. The van der Waals surface area contributed by atoms with Crippen LogP contribution in [0.1, 0.15) is 29.7 Å². The molecule has 3 aromatic carbocycles. The van der Waals surface area contributed by atoms with E-state index in [9.17, 15) is 22.8 Å². The van der Waals surface area contributed by atoms with Gasteiger partial charge in [0, 0.05) is 10.0 Å². The molecule has 1 atom stereocenters. The van der Waals surface area contributed by atoms with Gasteiger partial charge >= 0.3 is 12.1 Å². The summed E-state index contributed by atoms with van der Waals surface area (Å²) in [6.07, 6.45) is -3.58. The number of fused-ring (bicyclic) bond motifs is 1. The van der Waals surface area contributed by atoms with Crippen molar-refractivity contribution in [2.75, 3.05) is 13.7 Å². The first-order valence-electron chi connectivity index (χ1n) is 13.2. The number of hydrogen-bond donors (Lipinski definition) is 0. The van der Waals surface area contributed by atoms with Gasteiger partial charge in [-0.05, 0) is 66.1 Å². The van der Waals surface area contributed by atoms with Crippen LogP contribution in [0.25, 0.3) is 6.08 Å². The molecule has 0 fully saturated rings. The van der Waals surface area contributed by atoms with E-state index in [0.717, 1.165) is 21.5 Å². The van der Waals surface area contributed by atoms with Crippen molar-refractivity contribution in [3.8, 4) is 11.5 Å². The Morgan fingerprint density at radius 1 is 1.04 bits per heavy atom. The number of allylic oxidation sites excluding steroid dienone is 1. The second-order valence-corrected chi connectivity index (χ2v) is 11.9. The summed E-state index contributed by atoms with van der Waals surface area (Å²) in [4.78, 5) is 30.3. The molecule has 0 saturated heterocycles. The van der Waals surface area contributed by atoms with Gasteiger partial charge in [0.2, 0.25) is 0 Å². The maximum Gasteiger partial charge on any atom is 0.434 e. The molecule has 0 amide bonds. The number of alkyl halides is 3. The van der Waals surface area contributed by atoms with Crippen molar-refractivity contribution in [2.45, 2.75) is 25.7 Å². The summed E-state index contributed by atoms with van der Waals surface area (Å²) in [6.45, 7) is 1.44. The topological polar surface area (TPSA) is 79.1 Å². The van der Waals surface area contributed by atoms with E-state index in [-0.39, 0.29) is 44.6 Å². The van der Waals surface area contributed by atoms with Crippen molar-refractivity contribution < 1.29 is 32.2 Å². The molecule has 45 heavy (non-hydrogen) atoms. The summed E-state index contributed by atoms with van der Waals surface area (Å²) >= 11 is 19.2. The van der Waals surface area contributed by atoms with Crippen LogP contribution in [0.3, 0.4) is 0 Å². The average Bonchev–Trinajstić information content (AvgIpc) is 3.30. The number of nitrogens with zero attached hydrogens (tertiary/aromatic N) is 2. The number of thiazole rings is 1. The van der Waals surface area contributed by atoms with Crippen molar-refractivity contribution in [3.63, 3.8) is 0 Å². The molecule has 14 heteroatoms. The van der Waals surface area contributed by atoms with Gasteiger partial charge in [0.05, 0.1) is 34.9 Å². The molecule has 0 aliphatic carbocycles. The second-order valence-electron chi connectivity index (χ2n) is 9.56. The minimum atomic E-state index is -5.02. The molecule has 234 valence electrons. The highest BCUT2D eigenvalue weighted by Crippen LogP contribution is 2.39. The number of hydrogen-bond acceptors (Lipinski definition) is 7. The zero-order valence-electron chi connectivity index (χ0n) is 23.5. The van der Waals surface area contributed by atoms with Gasteiger partial charge < -0.3 is 14.2 Å². The maximum atomic E-state index is 14.3. The van der Waals surface area contributed by atoms with Crippen LogP contribution in [-0.4, -0.2) is 30.4 Å². The lowest BCUT2D eigenvalue weighted by Crippen LogP contribution is -2.41. The summed E-state index contributed by atoms with van der Waals surface area (Å²) in [7, 11) is 1.42. The second kappa shape index (κ2) is 13.3. The standard InChI is InChI=1S/C31H22Cl3F3N2O5S/c1-3-43-29(41)24-25(18-6-10-20(33)11-7-18)39-28(40)23(45-30(39)38-27(24)31(35,36)37)14-17-12-21(34)26(22(13-17)42-2)44-15-16-4-8-19(32)9-5-16/h4-14,25H,3,15H2,1-2H3/b23-14-/t25-/m1/s1. The number of carbonyl (C=O) groups is 1. The van der Waals surface area contributed by atoms with E-state index in [2.05, 4.69) is 4.99 Å². The fraction of sp³-hybridized carbons (Fsp3) is 0.194. The Labute approximate surface area is 273 Å². The molecule has 1 aromatic heterocycles. The molecule has 0 saturated carbocycles. The number of ether oxygens (including phenoxy) is 3. The number of benzene rings is 3. The van der Waals surface area contributed by atoms with Crippen molar-refractivity contribution in [1.82, 2.24) is 4.57 Å². The van der Waals surface area contributed by atoms with Gasteiger partial charge in [0.15, 0.2) is 22.0 Å². The van der Waals surface area contributed by atoms with Gasteiger partial charge in [-0.15, -0.1) is 0 Å². The van der Waals surface area contributed by atoms with Gasteiger partial charge in [-0.3, -0.25) is 9.36 Å². The Bertz CT molecular complexity index is 1970. The van der Waals surface area contributed by atoms with Crippen LogP contribution in [0.2, 0.25) is 15.1 Å². The summed E-state index contributed by atoms with van der Waals surface area (Å²) in [5.74, 6) is -0.726. The maximum absolute atomic E-state index is 14.3. The molecule has 0 bridgehead atoms. The van der Waals surface area contributed by atoms with Crippen LogP contribution in [0.15, 0.2) is 81.7 Å². The highest BCUT2D eigenvalue weighted by molar-refractivity contribution is 7.07. The van der Waals surface area contributed by atoms with Crippen LogP contribution in [0.5, 0.6) is 11.5 Å². The molecule has 7 nitrogen and oxygen atoms in total. The molecule has 5 rings (SSSR count). The zero-order chi connectivity index (χ0) is 32.5. The molecule has 1 aliphatic rings. The third-order valence-electron chi connectivity index (χ3n) is 6.63. The van der Waals surface area contributed by atoms with E-state index < -0.39 is 35.0 Å². The first-order chi connectivity index (χ1) is 21.4. The van der Waals surface area contributed by atoms with Crippen LogP contribution in [-0.2, 0) is 16.1 Å². The molecular formula is C31H22Cl3F3N2O5S. The number of esters is 1. The minimum absolute atomic E-state index is 0.0345. The normalized spacial score (nSPS) is 15.0. The Kier molecular flexibility index (Phi) is 9.64. The molecule has 2 heterocycles. The lowest BCUT2D eigenvalue weighted by molar-refractivity contribution is -0.140. The van der Waals surface area contributed by atoms with Gasteiger partial charge in [-0.25, -0.2) is 9.79 Å². The van der Waals surface area contributed by atoms with Crippen LogP contribution < -0.4 is 24.4 Å². The van der Waals surface area contributed by atoms with Crippen LogP contribution in [0, 0.1) is 0 Å². The fourth-order valence-electron chi connectivity index (χ4n) is 4.65. The molecule has 0 unspecified atom stereocenters. The third-order valence-corrected chi connectivity index (χ3v) is 8.39. The van der Waals surface area contributed by atoms with Gasteiger partial charge in [0.25, 0.3) is 5.56 Å². The predicted octanol–water partition coefficient (Wildman–Crippen LogP) is 6.89. The number of carbonyl (C=O) groups excluding carboxylic acids is 1. The Balaban J connectivity index is 1.63. The van der Waals surface area contributed by atoms with E-state index in [1.54, 1.807) is 30.3 Å². The highest BCUT2D eigenvalue weighted by Gasteiger charge is 2.45. The third kappa shape index (κ3) is 6.91. The number of methoxy groups -OCH3 is 1. The van der Waals surface area contributed by atoms with E-state index >= 15 is 0 Å². The van der Waals surface area contributed by atoms with E-state index in [4.69, 9.17) is 49.0 Å².